The summed E-state index contributed by atoms with van der Waals surface area (Å²) in [6.07, 6.45) is 3.85. The molecule has 1 amide bonds. The maximum atomic E-state index is 12.3. The lowest BCUT2D eigenvalue weighted by molar-refractivity contribution is -0.140. The van der Waals surface area contributed by atoms with Crippen molar-refractivity contribution >= 4 is 5.91 Å². The van der Waals surface area contributed by atoms with Gasteiger partial charge in [-0.15, -0.1) is 0 Å². The number of nitrogens with zero attached hydrogens (tertiary/aromatic N) is 1. The quantitative estimate of drug-likeness (QED) is 0.821. The normalized spacial score (nSPS) is 19.9. The summed E-state index contributed by atoms with van der Waals surface area (Å²) in [6.45, 7) is 6.40. The molecule has 0 aliphatic carbocycles. The summed E-state index contributed by atoms with van der Waals surface area (Å²) >= 11 is 0. The van der Waals surface area contributed by atoms with Gasteiger partial charge < -0.3 is 14.1 Å². The van der Waals surface area contributed by atoms with Crippen LogP contribution < -0.4 is 0 Å². The van der Waals surface area contributed by atoms with Crippen molar-refractivity contribution in [2.45, 2.75) is 39.2 Å². The van der Waals surface area contributed by atoms with Gasteiger partial charge >= 0.3 is 0 Å². The molecule has 1 atom stereocenters. The fraction of sp³-hybridized carbons (Fsp3) is 0.667. The van der Waals surface area contributed by atoms with E-state index in [0.29, 0.717) is 38.5 Å². The molecule has 1 aromatic heterocycles. The highest BCUT2D eigenvalue weighted by atomic mass is 16.5. The molecule has 0 N–H and O–H groups in total. The third kappa shape index (κ3) is 4.10. The predicted octanol–water partition coefficient (Wildman–Crippen LogP) is 2.49. The van der Waals surface area contributed by atoms with E-state index in [4.69, 9.17) is 9.15 Å². The highest BCUT2D eigenvalue weighted by molar-refractivity contribution is 5.76. The standard InChI is InChI=1S/C15H23NO3/c1-12(2)10-13-11-18-9-7-16(13)15(17)6-5-14-4-3-8-19-14/h3-4,8,12-13H,5-7,9-11H2,1-2H3. The molecule has 1 aliphatic rings. The van der Waals surface area contributed by atoms with Gasteiger partial charge in [-0.05, 0) is 24.5 Å². The van der Waals surface area contributed by atoms with Crippen LogP contribution in [0.4, 0.5) is 0 Å². The Labute approximate surface area is 114 Å². The van der Waals surface area contributed by atoms with E-state index >= 15 is 0 Å². The third-order valence-corrected chi connectivity index (χ3v) is 3.46. The number of hydrogen-bond donors (Lipinski definition) is 0. The summed E-state index contributed by atoms with van der Waals surface area (Å²) < 4.78 is 10.8. The summed E-state index contributed by atoms with van der Waals surface area (Å²) in [7, 11) is 0. The van der Waals surface area contributed by atoms with Gasteiger partial charge in [0.25, 0.3) is 0 Å². The van der Waals surface area contributed by atoms with Gasteiger partial charge in [-0.3, -0.25) is 4.79 Å². The van der Waals surface area contributed by atoms with Crippen molar-refractivity contribution in [3.05, 3.63) is 24.2 Å². The first-order valence-corrected chi connectivity index (χ1v) is 7.06. The Morgan fingerprint density at radius 1 is 1.53 bits per heavy atom. The van der Waals surface area contributed by atoms with Gasteiger partial charge in [-0.2, -0.15) is 0 Å². The summed E-state index contributed by atoms with van der Waals surface area (Å²) in [5, 5.41) is 0. The molecule has 0 saturated carbocycles. The summed E-state index contributed by atoms with van der Waals surface area (Å²) in [4.78, 5) is 14.3. The minimum atomic E-state index is 0.213. The summed E-state index contributed by atoms with van der Waals surface area (Å²) in [5.41, 5.74) is 0. The molecule has 1 aliphatic heterocycles. The Kier molecular flexibility index (Phi) is 5.02. The van der Waals surface area contributed by atoms with E-state index in [1.54, 1.807) is 6.26 Å². The van der Waals surface area contributed by atoms with Crippen LogP contribution in [0.25, 0.3) is 0 Å². The average Bonchev–Trinajstić information content (AvgIpc) is 2.89. The molecule has 19 heavy (non-hydrogen) atoms. The van der Waals surface area contributed by atoms with Crippen LogP contribution in [0.15, 0.2) is 22.8 Å². The first kappa shape index (κ1) is 14.1. The van der Waals surface area contributed by atoms with Gasteiger partial charge in [0.05, 0.1) is 25.5 Å². The first-order chi connectivity index (χ1) is 9.16. The van der Waals surface area contributed by atoms with E-state index in [9.17, 15) is 4.79 Å². The Bertz CT molecular complexity index is 386. The second kappa shape index (κ2) is 6.75. The van der Waals surface area contributed by atoms with Crippen molar-refractivity contribution in [2.75, 3.05) is 19.8 Å². The summed E-state index contributed by atoms with van der Waals surface area (Å²) in [6, 6.07) is 4.01. The maximum Gasteiger partial charge on any atom is 0.223 e. The zero-order valence-electron chi connectivity index (χ0n) is 11.8. The number of hydrogen-bond acceptors (Lipinski definition) is 3. The van der Waals surface area contributed by atoms with Crippen LogP contribution in [0, 0.1) is 5.92 Å². The smallest absolute Gasteiger partial charge is 0.223 e. The van der Waals surface area contributed by atoms with Crippen molar-refractivity contribution in [3.8, 4) is 0 Å². The Hall–Kier alpha value is -1.29. The maximum absolute atomic E-state index is 12.3. The number of amides is 1. The fourth-order valence-corrected chi connectivity index (χ4v) is 2.55. The molecule has 106 valence electrons. The first-order valence-electron chi connectivity index (χ1n) is 7.06. The van der Waals surface area contributed by atoms with E-state index in [1.165, 1.54) is 0 Å². The highest BCUT2D eigenvalue weighted by Gasteiger charge is 2.27. The number of aryl methyl sites for hydroxylation is 1. The zero-order chi connectivity index (χ0) is 13.7. The number of ether oxygens (including phenoxy) is 1. The van der Waals surface area contributed by atoms with Crippen LogP contribution in [-0.2, 0) is 16.0 Å². The lowest BCUT2D eigenvalue weighted by atomic mass is 10.0. The van der Waals surface area contributed by atoms with Crippen molar-refractivity contribution in [1.82, 2.24) is 4.90 Å². The number of carbonyl (C=O) groups excluding carboxylic acids is 1. The lowest BCUT2D eigenvalue weighted by Gasteiger charge is -2.36. The topological polar surface area (TPSA) is 42.7 Å². The van der Waals surface area contributed by atoms with Crippen LogP contribution in [-0.4, -0.2) is 36.6 Å². The zero-order valence-corrected chi connectivity index (χ0v) is 11.8. The van der Waals surface area contributed by atoms with Gasteiger partial charge in [0.2, 0.25) is 5.91 Å². The van der Waals surface area contributed by atoms with Crippen molar-refractivity contribution < 1.29 is 13.9 Å². The monoisotopic (exact) mass is 265 g/mol. The van der Waals surface area contributed by atoms with Crippen LogP contribution >= 0.6 is 0 Å². The second-order valence-electron chi connectivity index (χ2n) is 5.52. The van der Waals surface area contributed by atoms with Gasteiger partial charge in [0.15, 0.2) is 0 Å². The molecule has 1 saturated heterocycles. The molecule has 1 aromatic rings. The highest BCUT2D eigenvalue weighted by Crippen LogP contribution is 2.17. The minimum absolute atomic E-state index is 0.213. The molecular formula is C15H23NO3. The van der Waals surface area contributed by atoms with E-state index in [2.05, 4.69) is 13.8 Å². The van der Waals surface area contributed by atoms with Gasteiger partial charge in [-0.25, -0.2) is 0 Å². The van der Waals surface area contributed by atoms with Crippen LogP contribution in [0.5, 0.6) is 0 Å². The number of rotatable bonds is 5. The van der Waals surface area contributed by atoms with Gasteiger partial charge in [-0.1, -0.05) is 13.8 Å². The number of morpholine rings is 1. The van der Waals surface area contributed by atoms with Crippen LogP contribution in [0.1, 0.15) is 32.4 Å². The largest absolute Gasteiger partial charge is 0.469 e. The predicted molar refractivity (Wildman–Crippen MR) is 72.8 cm³/mol. The van der Waals surface area contributed by atoms with Crippen molar-refractivity contribution in [1.29, 1.82) is 0 Å². The molecule has 0 spiro atoms. The van der Waals surface area contributed by atoms with E-state index in [1.807, 2.05) is 17.0 Å². The Morgan fingerprint density at radius 2 is 2.37 bits per heavy atom. The molecule has 2 heterocycles. The van der Waals surface area contributed by atoms with Gasteiger partial charge in [0.1, 0.15) is 5.76 Å². The Morgan fingerprint density at radius 3 is 3.05 bits per heavy atom. The SMILES string of the molecule is CC(C)CC1COCCN1C(=O)CCc1ccco1. The van der Waals surface area contributed by atoms with E-state index in [-0.39, 0.29) is 11.9 Å². The summed E-state index contributed by atoms with van der Waals surface area (Å²) in [5.74, 6) is 1.67. The molecule has 0 bridgehead atoms. The molecule has 1 fully saturated rings. The second-order valence-corrected chi connectivity index (χ2v) is 5.52. The van der Waals surface area contributed by atoms with E-state index in [0.717, 1.165) is 12.2 Å². The molecule has 1 unspecified atom stereocenters. The Balaban J connectivity index is 1.87. The average molecular weight is 265 g/mol. The molecule has 4 heteroatoms. The van der Waals surface area contributed by atoms with Gasteiger partial charge in [0, 0.05) is 19.4 Å². The number of carbonyl (C=O) groups is 1. The molecular weight excluding hydrogens is 242 g/mol. The lowest BCUT2D eigenvalue weighted by Crippen LogP contribution is -2.49. The third-order valence-electron chi connectivity index (χ3n) is 3.46. The van der Waals surface area contributed by atoms with Crippen LogP contribution in [0.3, 0.4) is 0 Å². The van der Waals surface area contributed by atoms with Crippen molar-refractivity contribution in [2.24, 2.45) is 5.92 Å². The molecule has 0 aromatic carbocycles. The van der Waals surface area contributed by atoms with E-state index < -0.39 is 0 Å². The fourth-order valence-electron chi connectivity index (χ4n) is 2.55. The minimum Gasteiger partial charge on any atom is -0.469 e. The molecule has 2 rings (SSSR count). The van der Waals surface area contributed by atoms with Crippen molar-refractivity contribution in [3.63, 3.8) is 0 Å². The molecule has 4 nitrogen and oxygen atoms in total. The number of furan rings is 1. The molecule has 0 radical (unpaired) electrons. The van der Waals surface area contributed by atoms with Crippen LogP contribution in [0.2, 0.25) is 0 Å².